The maximum Gasteiger partial charge on any atom is 0.161 e. The zero-order valence-electron chi connectivity index (χ0n) is 18.0. The Balaban J connectivity index is 1.91. The minimum absolute atomic E-state index is 0.0699. The fraction of sp³-hybridized carbons (Fsp3) is 0.208. The highest BCUT2D eigenvalue weighted by molar-refractivity contribution is 5.91. The number of rotatable bonds is 9. The molecule has 0 saturated carbocycles. The number of aliphatic hydroxyl groups is 1. The summed E-state index contributed by atoms with van der Waals surface area (Å²) in [6, 6.07) is 15.2. The van der Waals surface area contributed by atoms with E-state index < -0.39 is 0 Å². The highest BCUT2D eigenvalue weighted by Crippen LogP contribution is 2.31. The van der Waals surface area contributed by atoms with Gasteiger partial charge in [0.2, 0.25) is 0 Å². The van der Waals surface area contributed by atoms with Crippen molar-refractivity contribution in [1.29, 1.82) is 10.5 Å². The first-order valence-corrected chi connectivity index (χ1v) is 10.1. The molecule has 2 aromatic carbocycles. The number of allylic oxidation sites excluding steroid dienone is 1. The van der Waals surface area contributed by atoms with E-state index in [4.69, 9.17) is 20.3 Å². The summed E-state index contributed by atoms with van der Waals surface area (Å²) in [4.78, 5) is 0. The van der Waals surface area contributed by atoms with Gasteiger partial charge in [-0.1, -0.05) is 18.2 Å². The molecule has 3 aromatic rings. The summed E-state index contributed by atoms with van der Waals surface area (Å²) in [5, 5.41) is 32.5. The molecule has 0 aliphatic rings. The zero-order chi connectivity index (χ0) is 23.8. The average molecular weight is 447 g/mol. The Bertz CT molecular complexity index is 1240. The standard InChI is InChI=1S/C24H22FN5O3/c1-2-32-22-12-17(5-8-21(22)33-15-16-3-6-19(25)7-4-16)11-18(13-26)23-20(14-27)24(28)30(29-23)9-10-31/h3-8,11-12,31H,2,9-10,15,28H2,1H3. The number of nitriles is 2. The monoisotopic (exact) mass is 447 g/mol. The molecule has 0 aliphatic heterocycles. The van der Waals surface area contributed by atoms with E-state index >= 15 is 0 Å². The molecule has 0 bridgehead atoms. The molecular weight excluding hydrogens is 425 g/mol. The van der Waals surface area contributed by atoms with Crippen LogP contribution in [0.3, 0.4) is 0 Å². The second kappa shape index (κ2) is 10.8. The van der Waals surface area contributed by atoms with Crippen molar-refractivity contribution in [3.8, 4) is 23.6 Å². The third kappa shape index (κ3) is 5.48. The lowest BCUT2D eigenvalue weighted by atomic mass is 10.1. The minimum atomic E-state index is -0.319. The third-order valence-corrected chi connectivity index (χ3v) is 4.68. The molecular formula is C24H22FN5O3. The molecule has 0 radical (unpaired) electrons. The molecule has 0 atom stereocenters. The number of benzene rings is 2. The molecule has 0 unspecified atom stereocenters. The predicted molar refractivity (Wildman–Crippen MR) is 120 cm³/mol. The first-order chi connectivity index (χ1) is 16.0. The highest BCUT2D eigenvalue weighted by Gasteiger charge is 2.19. The van der Waals surface area contributed by atoms with Crippen LogP contribution in [0, 0.1) is 28.5 Å². The molecule has 8 nitrogen and oxygen atoms in total. The normalized spacial score (nSPS) is 11.0. The van der Waals surface area contributed by atoms with Crippen molar-refractivity contribution in [3.05, 3.63) is 70.7 Å². The van der Waals surface area contributed by atoms with Crippen LogP contribution < -0.4 is 15.2 Å². The Morgan fingerprint density at radius 2 is 1.94 bits per heavy atom. The van der Waals surface area contributed by atoms with Crippen molar-refractivity contribution in [2.24, 2.45) is 0 Å². The van der Waals surface area contributed by atoms with Gasteiger partial charge in [0, 0.05) is 0 Å². The van der Waals surface area contributed by atoms with Gasteiger partial charge in [-0.25, -0.2) is 9.07 Å². The lowest BCUT2D eigenvalue weighted by molar-refractivity contribution is 0.269. The van der Waals surface area contributed by atoms with Gasteiger partial charge in [0.25, 0.3) is 0 Å². The van der Waals surface area contributed by atoms with Crippen molar-refractivity contribution in [1.82, 2.24) is 9.78 Å². The van der Waals surface area contributed by atoms with E-state index in [2.05, 4.69) is 11.2 Å². The average Bonchev–Trinajstić information content (AvgIpc) is 3.13. The van der Waals surface area contributed by atoms with Gasteiger partial charge in [0.1, 0.15) is 41.6 Å². The van der Waals surface area contributed by atoms with Gasteiger partial charge in [0.05, 0.1) is 25.3 Å². The van der Waals surface area contributed by atoms with Crippen molar-refractivity contribution in [2.45, 2.75) is 20.1 Å². The fourth-order valence-corrected chi connectivity index (χ4v) is 3.10. The number of ether oxygens (including phenoxy) is 2. The number of hydrogen-bond acceptors (Lipinski definition) is 7. The molecule has 9 heteroatoms. The second-order valence-corrected chi connectivity index (χ2v) is 6.89. The van der Waals surface area contributed by atoms with Crippen molar-refractivity contribution < 1.29 is 19.0 Å². The SMILES string of the molecule is CCOc1cc(C=C(C#N)c2nn(CCO)c(N)c2C#N)ccc1OCc1ccc(F)cc1. The molecule has 33 heavy (non-hydrogen) atoms. The summed E-state index contributed by atoms with van der Waals surface area (Å²) in [5.41, 5.74) is 7.71. The van der Waals surface area contributed by atoms with Crippen LogP contribution in [0.25, 0.3) is 11.6 Å². The summed E-state index contributed by atoms with van der Waals surface area (Å²) in [5.74, 6) is 0.727. The lowest BCUT2D eigenvalue weighted by Crippen LogP contribution is -2.07. The number of aliphatic hydroxyl groups excluding tert-OH is 1. The smallest absolute Gasteiger partial charge is 0.161 e. The van der Waals surface area contributed by atoms with E-state index in [9.17, 15) is 14.9 Å². The predicted octanol–water partition coefficient (Wildman–Crippen LogP) is 3.51. The lowest BCUT2D eigenvalue weighted by Gasteiger charge is -2.13. The van der Waals surface area contributed by atoms with Crippen molar-refractivity contribution >= 4 is 17.5 Å². The first kappa shape index (κ1) is 23.3. The van der Waals surface area contributed by atoms with Crippen molar-refractivity contribution in [2.75, 3.05) is 18.9 Å². The third-order valence-electron chi connectivity index (χ3n) is 4.68. The molecule has 1 aromatic heterocycles. The van der Waals surface area contributed by atoms with Crippen LogP contribution in [0.2, 0.25) is 0 Å². The van der Waals surface area contributed by atoms with E-state index in [0.29, 0.717) is 23.7 Å². The molecule has 0 saturated heterocycles. The van der Waals surface area contributed by atoms with Gasteiger partial charge >= 0.3 is 0 Å². The van der Waals surface area contributed by atoms with Crippen LogP contribution in [0.15, 0.2) is 42.5 Å². The number of nitrogen functional groups attached to an aromatic ring is 1. The molecule has 3 N–H and O–H groups in total. The Hall–Kier alpha value is -4.34. The number of aromatic nitrogens is 2. The van der Waals surface area contributed by atoms with E-state index in [1.807, 2.05) is 13.0 Å². The number of nitrogens with two attached hydrogens (primary N) is 1. The molecule has 0 spiro atoms. The topological polar surface area (TPSA) is 130 Å². The number of hydrogen-bond donors (Lipinski definition) is 2. The van der Waals surface area contributed by atoms with Crippen LogP contribution in [0.5, 0.6) is 11.5 Å². The Labute approximate surface area is 190 Å². The van der Waals surface area contributed by atoms with E-state index in [-0.39, 0.29) is 48.2 Å². The molecule has 3 rings (SSSR count). The van der Waals surface area contributed by atoms with Crippen LogP contribution in [0.4, 0.5) is 10.2 Å². The minimum Gasteiger partial charge on any atom is -0.490 e. The van der Waals surface area contributed by atoms with Gasteiger partial charge in [-0.2, -0.15) is 15.6 Å². The summed E-state index contributed by atoms with van der Waals surface area (Å²) in [6.45, 7) is 2.35. The summed E-state index contributed by atoms with van der Waals surface area (Å²) in [6.07, 6.45) is 1.57. The van der Waals surface area contributed by atoms with E-state index in [1.54, 1.807) is 36.4 Å². The Kier molecular flexibility index (Phi) is 7.64. The maximum atomic E-state index is 13.1. The van der Waals surface area contributed by atoms with Gasteiger partial charge in [-0.3, -0.25) is 0 Å². The Morgan fingerprint density at radius 3 is 2.58 bits per heavy atom. The van der Waals surface area contributed by atoms with Gasteiger partial charge in [0.15, 0.2) is 11.5 Å². The highest BCUT2D eigenvalue weighted by atomic mass is 19.1. The van der Waals surface area contributed by atoms with Crippen molar-refractivity contribution in [3.63, 3.8) is 0 Å². The quantitative estimate of drug-likeness (QED) is 0.480. The molecule has 0 aliphatic carbocycles. The fourth-order valence-electron chi connectivity index (χ4n) is 3.10. The van der Waals surface area contributed by atoms with E-state index in [1.165, 1.54) is 16.8 Å². The summed E-state index contributed by atoms with van der Waals surface area (Å²) >= 11 is 0. The van der Waals surface area contributed by atoms with Crippen LogP contribution in [-0.2, 0) is 13.2 Å². The van der Waals surface area contributed by atoms with Crippen LogP contribution in [0.1, 0.15) is 29.3 Å². The molecule has 0 amide bonds. The molecule has 0 fully saturated rings. The number of halogens is 1. The van der Waals surface area contributed by atoms with Gasteiger partial charge < -0.3 is 20.3 Å². The molecule has 168 valence electrons. The summed E-state index contributed by atoms with van der Waals surface area (Å²) < 4.78 is 25.9. The van der Waals surface area contributed by atoms with Gasteiger partial charge in [-0.15, -0.1) is 0 Å². The molecule has 1 heterocycles. The van der Waals surface area contributed by atoms with Crippen LogP contribution >= 0.6 is 0 Å². The zero-order valence-corrected chi connectivity index (χ0v) is 18.0. The second-order valence-electron chi connectivity index (χ2n) is 6.89. The first-order valence-electron chi connectivity index (χ1n) is 10.1. The number of anilines is 1. The maximum absolute atomic E-state index is 13.1. The van der Waals surface area contributed by atoms with Crippen LogP contribution in [-0.4, -0.2) is 28.1 Å². The number of nitrogens with zero attached hydrogens (tertiary/aromatic N) is 4. The Morgan fingerprint density at radius 1 is 1.18 bits per heavy atom. The largest absolute Gasteiger partial charge is 0.490 e. The van der Waals surface area contributed by atoms with Gasteiger partial charge in [-0.05, 0) is 48.4 Å². The van der Waals surface area contributed by atoms with E-state index in [0.717, 1.165) is 5.56 Å². The summed E-state index contributed by atoms with van der Waals surface area (Å²) in [7, 11) is 0.